The molecule has 1 heterocycles. The second kappa shape index (κ2) is 2.79. The number of carbonyl (C=O) groups excluding carboxylic acids is 1. The SMILES string of the molecule is O=C1CNC(Cl)=C2C=CCC=C12. The van der Waals surface area contributed by atoms with E-state index in [1.54, 1.807) is 0 Å². The Hall–Kier alpha value is -1.02. The molecular formula is C9H8ClNO. The molecule has 0 amide bonds. The summed E-state index contributed by atoms with van der Waals surface area (Å²) in [5, 5.41) is 3.41. The van der Waals surface area contributed by atoms with Crippen molar-refractivity contribution in [2.45, 2.75) is 6.42 Å². The van der Waals surface area contributed by atoms with Crippen LogP contribution in [-0.2, 0) is 4.79 Å². The van der Waals surface area contributed by atoms with Crippen LogP contribution in [0.25, 0.3) is 0 Å². The average Bonchev–Trinajstić information content (AvgIpc) is 2.12. The molecule has 12 heavy (non-hydrogen) atoms. The van der Waals surface area contributed by atoms with Crippen molar-refractivity contribution in [2.24, 2.45) is 0 Å². The van der Waals surface area contributed by atoms with E-state index in [-0.39, 0.29) is 5.78 Å². The van der Waals surface area contributed by atoms with Crippen molar-refractivity contribution < 1.29 is 4.79 Å². The first-order chi connectivity index (χ1) is 5.79. The molecule has 0 atom stereocenters. The van der Waals surface area contributed by atoms with Crippen LogP contribution in [0.5, 0.6) is 0 Å². The Morgan fingerprint density at radius 2 is 2.33 bits per heavy atom. The van der Waals surface area contributed by atoms with Crippen molar-refractivity contribution in [2.75, 3.05) is 6.54 Å². The Balaban J connectivity index is 2.49. The van der Waals surface area contributed by atoms with E-state index >= 15 is 0 Å². The molecule has 3 heteroatoms. The molecule has 0 radical (unpaired) electrons. The molecule has 0 spiro atoms. The van der Waals surface area contributed by atoms with Crippen molar-refractivity contribution >= 4 is 17.4 Å². The van der Waals surface area contributed by atoms with Crippen LogP contribution in [0.1, 0.15) is 6.42 Å². The first-order valence-corrected chi connectivity index (χ1v) is 4.21. The molecule has 2 rings (SSSR count). The molecule has 1 N–H and O–H groups in total. The van der Waals surface area contributed by atoms with E-state index in [1.165, 1.54) is 0 Å². The first kappa shape index (κ1) is 7.62. The molecule has 0 unspecified atom stereocenters. The van der Waals surface area contributed by atoms with Gasteiger partial charge in [-0.1, -0.05) is 29.8 Å². The minimum Gasteiger partial charge on any atom is -0.368 e. The van der Waals surface area contributed by atoms with Gasteiger partial charge in [0.05, 0.1) is 6.54 Å². The van der Waals surface area contributed by atoms with Gasteiger partial charge in [-0.3, -0.25) is 4.79 Å². The van der Waals surface area contributed by atoms with E-state index < -0.39 is 0 Å². The van der Waals surface area contributed by atoms with Gasteiger partial charge >= 0.3 is 0 Å². The van der Waals surface area contributed by atoms with E-state index in [0.29, 0.717) is 11.7 Å². The van der Waals surface area contributed by atoms with Gasteiger partial charge in [0.15, 0.2) is 5.78 Å². The number of Topliss-reactive ketones (excluding diaryl/α,β-unsaturated/α-hetero) is 1. The maximum Gasteiger partial charge on any atom is 0.182 e. The van der Waals surface area contributed by atoms with Crippen LogP contribution in [0.3, 0.4) is 0 Å². The van der Waals surface area contributed by atoms with Crippen LogP contribution in [0.15, 0.2) is 34.5 Å². The Morgan fingerprint density at radius 1 is 1.50 bits per heavy atom. The van der Waals surface area contributed by atoms with Gasteiger partial charge in [0.1, 0.15) is 5.16 Å². The minimum absolute atomic E-state index is 0.124. The number of ketones is 1. The second-order valence-electron chi connectivity index (χ2n) is 2.76. The maximum absolute atomic E-state index is 11.3. The maximum atomic E-state index is 11.3. The fraction of sp³-hybridized carbons (Fsp3) is 0.222. The van der Waals surface area contributed by atoms with E-state index in [0.717, 1.165) is 17.6 Å². The molecule has 0 saturated carbocycles. The van der Waals surface area contributed by atoms with Gasteiger partial charge in [0, 0.05) is 11.1 Å². The van der Waals surface area contributed by atoms with Gasteiger partial charge in [-0.15, -0.1) is 0 Å². The largest absolute Gasteiger partial charge is 0.368 e. The van der Waals surface area contributed by atoms with Crippen molar-refractivity contribution in [3.05, 3.63) is 34.5 Å². The van der Waals surface area contributed by atoms with Crippen LogP contribution >= 0.6 is 11.6 Å². The zero-order valence-electron chi connectivity index (χ0n) is 6.43. The predicted molar refractivity (Wildman–Crippen MR) is 47.7 cm³/mol. The zero-order chi connectivity index (χ0) is 8.55. The van der Waals surface area contributed by atoms with Gasteiger partial charge < -0.3 is 5.32 Å². The number of allylic oxidation sites excluding steroid dienone is 4. The molecule has 1 aliphatic carbocycles. The summed E-state index contributed by atoms with van der Waals surface area (Å²) < 4.78 is 0. The lowest BCUT2D eigenvalue weighted by Crippen LogP contribution is -2.29. The van der Waals surface area contributed by atoms with E-state index in [4.69, 9.17) is 11.6 Å². The summed E-state index contributed by atoms with van der Waals surface area (Å²) in [6.45, 7) is 0.321. The van der Waals surface area contributed by atoms with Crippen LogP contribution in [-0.4, -0.2) is 12.3 Å². The lowest BCUT2D eigenvalue weighted by molar-refractivity contribution is -0.114. The Labute approximate surface area is 75.6 Å². The van der Waals surface area contributed by atoms with E-state index in [2.05, 4.69) is 5.32 Å². The summed E-state index contributed by atoms with van der Waals surface area (Å²) in [4.78, 5) is 11.3. The molecule has 62 valence electrons. The number of hydrogen-bond donors (Lipinski definition) is 1. The monoisotopic (exact) mass is 181 g/mol. The summed E-state index contributed by atoms with van der Waals surface area (Å²) in [5.74, 6) is 0.124. The Morgan fingerprint density at radius 3 is 3.08 bits per heavy atom. The second-order valence-corrected chi connectivity index (χ2v) is 3.14. The number of halogens is 1. The molecule has 0 saturated heterocycles. The van der Waals surface area contributed by atoms with E-state index in [1.807, 2.05) is 18.2 Å². The van der Waals surface area contributed by atoms with Crippen molar-refractivity contribution in [1.29, 1.82) is 0 Å². The third kappa shape index (κ3) is 1.08. The third-order valence-corrected chi connectivity index (χ3v) is 2.31. The quantitative estimate of drug-likeness (QED) is 0.574. The third-order valence-electron chi connectivity index (χ3n) is 1.97. The summed E-state index contributed by atoms with van der Waals surface area (Å²) in [6.07, 6.45) is 6.62. The van der Waals surface area contributed by atoms with Crippen molar-refractivity contribution in [1.82, 2.24) is 5.32 Å². The molecule has 0 aromatic carbocycles. The van der Waals surface area contributed by atoms with Gasteiger partial charge in [-0.05, 0) is 6.42 Å². The highest BCUT2D eigenvalue weighted by molar-refractivity contribution is 6.31. The number of fused-ring (bicyclic) bond motifs is 1. The van der Waals surface area contributed by atoms with Crippen molar-refractivity contribution in [3.63, 3.8) is 0 Å². The predicted octanol–water partition coefficient (Wildman–Crippen LogP) is 1.50. The number of carbonyl (C=O) groups is 1. The molecule has 0 aromatic heterocycles. The van der Waals surface area contributed by atoms with Crippen LogP contribution < -0.4 is 5.32 Å². The summed E-state index contributed by atoms with van der Waals surface area (Å²) >= 11 is 5.88. The van der Waals surface area contributed by atoms with Crippen LogP contribution in [0.2, 0.25) is 0 Å². The molecule has 0 aromatic rings. The fourth-order valence-electron chi connectivity index (χ4n) is 1.38. The first-order valence-electron chi connectivity index (χ1n) is 3.83. The number of hydrogen-bond acceptors (Lipinski definition) is 2. The van der Waals surface area contributed by atoms with Crippen LogP contribution in [0, 0.1) is 0 Å². The molecular weight excluding hydrogens is 174 g/mol. The highest BCUT2D eigenvalue weighted by Crippen LogP contribution is 2.25. The van der Waals surface area contributed by atoms with Gasteiger partial charge in [-0.25, -0.2) is 0 Å². The Bertz CT molecular complexity index is 325. The smallest absolute Gasteiger partial charge is 0.182 e. The average molecular weight is 182 g/mol. The number of nitrogens with one attached hydrogen (secondary N) is 1. The highest BCUT2D eigenvalue weighted by atomic mass is 35.5. The molecule has 1 aliphatic heterocycles. The lowest BCUT2D eigenvalue weighted by Gasteiger charge is -2.19. The van der Waals surface area contributed by atoms with Crippen LogP contribution in [0.4, 0.5) is 0 Å². The fourth-order valence-corrected chi connectivity index (χ4v) is 1.61. The lowest BCUT2D eigenvalue weighted by atomic mass is 9.95. The Kier molecular flexibility index (Phi) is 1.77. The van der Waals surface area contributed by atoms with Crippen molar-refractivity contribution in [3.8, 4) is 0 Å². The zero-order valence-corrected chi connectivity index (χ0v) is 7.19. The molecule has 0 bridgehead atoms. The van der Waals surface area contributed by atoms with E-state index in [9.17, 15) is 4.79 Å². The summed E-state index contributed by atoms with van der Waals surface area (Å²) in [5.41, 5.74) is 1.60. The molecule has 2 nitrogen and oxygen atoms in total. The van der Waals surface area contributed by atoms with Gasteiger partial charge in [0.25, 0.3) is 0 Å². The van der Waals surface area contributed by atoms with Gasteiger partial charge in [-0.2, -0.15) is 0 Å². The normalized spacial score (nSPS) is 21.8. The summed E-state index contributed by atoms with van der Waals surface area (Å²) in [7, 11) is 0. The standard InChI is InChI=1S/C9H8ClNO/c10-9-7-4-2-1-3-6(7)8(12)5-11-9/h2-4,11H,1,5H2. The number of rotatable bonds is 0. The molecule has 2 aliphatic rings. The topological polar surface area (TPSA) is 29.1 Å². The minimum atomic E-state index is 0.124. The summed E-state index contributed by atoms with van der Waals surface area (Å²) in [6, 6.07) is 0. The highest BCUT2D eigenvalue weighted by Gasteiger charge is 2.21. The van der Waals surface area contributed by atoms with Gasteiger partial charge in [0.2, 0.25) is 0 Å². The molecule has 0 fully saturated rings.